The first-order valence-electron chi connectivity index (χ1n) is 8.07. The van der Waals surface area contributed by atoms with Crippen LogP contribution in [0.4, 0.5) is 0 Å². The van der Waals surface area contributed by atoms with Crippen LogP contribution in [0.1, 0.15) is 24.6 Å². The first kappa shape index (κ1) is 20.4. The molecule has 0 saturated carbocycles. The molecule has 1 nitrogen and oxygen atoms in total. The van der Waals surface area contributed by atoms with Crippen LogP contribution in [0.2, 0.25) is 0 Å². The Morgan fingerprint density at radius 3 is 2.32 bits per heavy atom. The summed E-state index contributed by atoms with van der Waals surface area (Å²) in [6.07, 6.45) is 10.5. The summed E-state index contributed by atoms with van der Waals surface area (Å²) in [7, 11) is 9.87. The van der Waals surface area contributed by atoms with Crippen LogP contribution in [0.15, 0.2) is 66.4 Å². The van der Waals surface area contributed by atoms with Crippen molar-refractivity contribution in [1.29, 1.82) is 0 Å². The molecule has 0 fully saturated rings. The molecule has 1 aliphatic carbocycles. The van der Waals surface area contributed by atoms with Crippen LogP contribution in [0.3, 0.4) is 0 Å². The zero-order valence-corrected chi connectivity index (χ0v) is 18.7. The number of benzene rings is 1. The fourth-order valence-electron chi connectivity index (χ4n) is 2.81. The van der Waals surface area contributed by atoms with Crippen molar-refractivity contribution in [2.24, 2.45) is 0 Å². The van der Waals surface area contributed by atoms with Gasteiger partial charge in [-0.2, -0.15) is 6.08 Å². The number of hydrogen-bond acceptors (Lipinski definition) is 0. The number of allylic oxidation sites excluding steroid dienone is 4. The van der Waals surface area contributed by atoms with Gasteiger partial charge in [0.05, 0.1) is 0 Å². The van der Waals surface area contributed by atoms with Gasteiger partial charge in [-0.1, -0.05) is 13.0 Å². The van der Waals surface area contributed by atoms with Crippen LogP contribution in [0.25, 0.3) is 16.5 Å². The SMILES string of the molecule is CC1=[C-]CC=C1.Cc1cc(C)n(-c2cc3ccccc3[cH-]2)c1.[Cl][Zr+2][Cl]. The Hall–Kier alpha value is -0.947. The Bertz CT molecular complexity index is 835. The zero-order chi connectivity index (χ0) is 18.2. The summed E-state index contributed by atoms with van der Waals surface area (Å²) < 4.78 is 2.25. The van der Waals surface area contributed by atoms with E-state index in [-0.39, 0.29) is 0 Å². The second-order valence-corrected chi connectivity index (χ2v) is 9.64. The van der Waals surface area contributed by atoms with Gasteiger partial charge < -0.3 is 4.57 Å². The van der Waals surface area contributed by atoms with Crippen molar-refractivity contribution in [3.8, 4) is 5.69 Å². The zero-order valence-electron chi connectivity index (χ0n) is 14.7. The second-order valence-electron chi connectivity index (χ2n) is 5.91. The van der Waals surface area contributed by atoms with E-state index in [2.05, 4.69) is 92.2 Å². The Kier molecular flexibility index (Phi) is 8.36. The van der Waals surface area contributed by atoms with Crippen molar-refractivity contribution in [2.45, 2.75) is 27.2 Å². The fourth-order valence-corrected chi connectivity index (χ4v) is 2.81. The monoisotopic (exact) mass is 447 g/mol. The summed E-state index contributed by atoms with van der Waals surface area (Å²) in [6, 6.07) is 15.2. The summed E-state index contributed by atoms with van der Waals surface area (Å²) in [5.74, 6) is 0. The summed E-state index contributed by atoms with van der Waals surface area (Å²) in [5, 5.41) is 2.62. The molecule has 0 amide bonds. The number of halogens is 2. The van der Waals surface area contributed by atoms with Crippen LogP contribution in [0, 0.1) is 19.9 Å². The maximum atomic E-state index is 4.93. The van der Waals surface area contributed by atoms with Crippen LogP contribution in [-0.4, -0.2) is 4.57 Å². The van der Waals surface area contributed by atoms with Crippen molar-refractivity contribution < 1.29 is 20.8 Å². The Morgan fingerprint density at radius 1 is 1.12 bits per heavy atom. The van der Waals surface area contributed by atoms with Gasteiger partial charge in [0.15, 0.2) is 0 Å². The molecular weight excluding hydrogens is 428 g/mol. The molecular formula is C21H21Cl2NZr. The molecule has 1 aromatic heterocycles. The van der Waals surface area contributed by atoms with Crippen LogP contribution >= 0.6 is 17.0 Å². The molecule has 128 valence electrons. The molecule has 25 heavy (non-hydrogen) atoms. The molecule has 1 aliphatic rings. The summed E-state index contributed by atoms with van der Waals surface area (Å²) >= 11 is -0.826. The van der Waals surface area contributed by atoms with Gasteiger partial charge in [-0.25, -0.2) is 11.6 Å². The minimum atomic E-state index is -0.826. The third-order valence-corrected chi connectivity index (χ3v) is 3.90. The molecule has 4 rings (SSSR count). The van der Waals surface area contributed by atoms with Gasteiger partial charge in [0.1, 0.15) is 0 Å². The number of rotatable bonds is 1. The number of aromatic nitrogens is 1. The number of nitrogens with zero attached hydrogens (tertiary/aromatic N) is 1. The van der Waals surface area contributed by atoms with Crippen molar-refractivity contribution in [3.63, 3.8) is 0 Å². The van der Waals surface area contributed by atoms with E-state index in [0.717, 1.165) is 6.42 Å². The van der Waals surface area contributed by atoms with E-state index < -0.39 is 20.8 Å². The van der Waals surface area contributed by atoms with Gasteiger partial charge in [0.25, 0.3) is 0 Å². The third kappa shape index (κ3) is 6.06. The van der Waals surface area contributed by atoms with Crippen molar-refractivity contribution in [3.05, 3.63) is 83.7 Å². The topological polar surface area (TPSA) is 4.93 Å². The van der Waals surface area contributed by atoms with E-state index >= 15 is 0 Å². The number of aryl methyl sites for hydroxylation is 2. The normalized spacial score (nSPS) is 12.0. The fraction of sp³-hybridized carbons (Fsp3) is 0.190. The molecule has 0 unspecified atom stereocenters. The van der Waals surface area contributed by atoms with Gasteiger partial charge in [-0.05, 0) is 31.2 Å². The van der Waals surface area contributed by atoms with E-state index in [1.807, 2.05) is 0 Å². The van der Waals surface area contributed by atoms with Crippen LogP contribution in [-0.2, 0) is 20.8 Å². The minimum absolute atomic E-state index is 0.826. The average Bonchev–Trinajstić information content (AvgIpc) is 3.28. The van der Waals surface area contributed by atoms with Crippen molar-refractivity contribution in [2.75, 3.05) is 0 Å². The van der Waals surface area contributed by atoms with Crippen LogP contribution < -0.4 is 0 Å². The third-order valence-electron chi connectivity index (χ3n) is 3.90. The quantitative estimate of drug-likeness (QED) is 0.351. The van der Waals surface area contributed by atoms with E-state index in [1.165, 1.54) is 33.3 Å². The predicted octanol–water partition coefficient (Wildman–Crippen LogP) is 7.04. The van der Waals surface area contributed by atoms with Crippen molar-refractivity contribution in [1.82, 2.24) is 4.57 Å². The molecule has 4 heteroatoms. The van der Waals surface area contributed by atoms with Gasteiger partial charge in [-0.15, -0.1) is 47.5 Å². The molecule has 0 spiro atoms. The van der Waals surface area contributed by atoms with Gasteiger partial charge in [-0.3, -0.25) is 6.08 Å². The van der Waals surface area contributed by atoms with Crippen molar-refractivity contribution >= 4 is 27.8 Å². The number of hydrogen-bond donors (Lipinski definition) is 0. The molecule has 2 aromatic carbocycles. The Balaban J connectivity index is 0.000000209. The molecule has 3 aromatic rings. The first-order chi connectivity index (χ1) is 12.0. The Labute approximate surface area is 169 Å². The van der Waals surface area contributed by atoms with Gasteiger partial charge >= 0.3 is 37.9 Å². The van der Waals surface area contributed by atoms with Crippen LogP contribution in [0.5, 0.6) is 0 Å². The molecule has 1 heterocycles. The summed E-state index contributed by atoms with van der Waals surface area (Å²) in [5.41, 5.74) is 5.12. The average molecular weight is 450 g/mol. The standard InChI is InChI=1S/C15H14N.C6H7.2ClH.Zr/c1-11-7-12(2)16(10-11)15-8-13-5-3-4-6-14(13)9-15;1-6-4-2-3-5-6;;;/h3-10H,1-2H3;2,4H,3H2,1H3;2*1H;/q2*-1;;;+4/p-2. The predicted molar refractivity (Wildman–Crippen MR) is 106 cm³/mol. The summed E-state index contributed by atoms with van der Waals surface area (Å²) in [4.78, 5) is 0. The van der Waals surface area contributed by atoms with E-state index in [1.54, 1.807) is 0 Å². The molecule has 0 saturated heterocycles. The summed E-state index contributed by atoms with van der Waals surface area (Å²) in [6.45, 7) is 6.33. The second kappa shape index (κ2) is 10.3. The first-order valence-corrected chi connectivity index (χ1v) is 14.4. The van der Waals surface area contributed by atoms with E-state index in [9.17, 15) is 0 Å². The molecule has 0 atom stereocenters. The van der Waals surface area contributed by atoms with Gasteiger partial charge in [0.2, 0.25) is 0 Å². The molecule has 0 radical (unpaired) electrons. The number of fused-ring (bicyclic) bond motifs is 1. The molecule has 0 bridgehead atoms. The van der Waals surface area contributed by atoms with E-state index in [0.29, 0.717) is 0 Å². The molecule has 0 N–H and O–H groups in total. The Morgan fingerprint density at radius 2 is 1.84 bits per heavy atom. The molecule has 0 aliphatic heterocycles. The van der Waals surface area contributed by atoms with Gasteiger partial charge in [0, 0.05) is 11.9 Å². The van der Waals surface area contributed by atoms with E-state index in [4.69, 9.17) is 17.0 Å². The maximum absolute atomic E-state index is 4.93.